The summed E-state index contributed by atoms with van der Waals surface area (Å²) in [5.74, 6) is -0.0527. The zero-order chi connectivity index (χ0) is 9.84. The van der Waals surface area contributed by atoms with E-state index < -0.39 is 0 Å². The Morgan fingerprint density at radius 1 is 1.38 bits per heavy atom. The number of hydrogen-bond donors (Lipinski definition) is 0. The van der Waals surface area contributed by atoms with E-state index in [0.29, 0.717) is 18.1 Å². The highest BCUT2D eigenvalue weighted by atomic mass is 32.2. The lowest BCUT2D eigenvalue weighted by molar-refractivity contribution is -0.140. The highest BCUT2D eigenvalue weighted by Gasteiger charge is 2.27. The van der Waals surface area contributed by atoms with E-state index in [1.165, 1.54) is 16.3 Å². The summed E-state index contributed by atoms with van der Waals surface area (Å²) in [6, 6.07) is 0. The molecule has 1 rings (SSSR count). The van der Waals surface area contributed by atoms with Gasteiger partial charge in [0.25, 0.3) is 0 Å². The Labute approximate surface area is 83.0 Å². The molecule has 1 aliphatic rings. The molecular weight excluding hydrogens is 186 g/mol. The maximum absolute atomic E-state index is 11.3. The van der Waals surface area contributed by atoms with Crippen molar-refractivity contribution in [2.75, 3.05) is 0 Å². The third-order valence-electron chi connectivity index (χ3n) is 2.09. The fraction of sp³-hybridized carbons (Fsp3) is 0.778. The first kappa shape index (κ1) is 10.6. The van der Waals surface area contributed by atoms with E-state index >= 15 is 0 Å². The van der Waals surface area contributed by atoms with Gasteiger partial charge in [0.1, 0.15) is 0 Å². The molecule has 1 heterocycles. The van der Waals surface area contributed by atoms with Gasteiger partial charge in [-0.25, -0.2) is 4.31 Å². The van der Waals surface area contributed by atoms with Crippen LogP contribution in [0.1, 0.15) is 39.5 Å². The van der Waals surface area contributed by atoms with Gasteiger partial charge in [0.15, 0.2) is 0 Å². The quantitative estimate of drug-likeness (QED) is 0.517. The van der Waals surface area contributed by atoms with E-state index in [-0.39, 0.29) is 11.8 Å². The van der Waals surface area contributed by atoms with Crippen LogP contribution in [0.2, 0.25) is 0 Å². The van der Waals surface area contributed by atoms with E-state index in [2.05, 4.69) is 6.92 Å². The van der Waals surface area contributed by atoms with Crippen LogP contribution < -0.4 is 0 Å². The van der Waals surface area contributed by atoms with Crippen LogP contribution in [0.15, 0.2) is 0 Å². The van der Waals surface area contributed by atoms with Gasteiger partial charge in [-0.1, -0.05) is 13.8 Å². The third kappa shape index (κ3) is 2.72. The van der Waals surface area contributed by atoms with Crippen molar-refractivity contribution in [1.29, 1.82) is 0 Å². The number of hydrogen-bond acceptors (Lipinski definition) is 3. The van der Waals surface area contributed by atoms with Gasteiger partial charge in [-0.2, -0.15) is 0 Å². The van der Waals surface area contributed by atoms with Crippen LogP contribution in [0.3, 0.4) is 0 Å². The monoisotopic (exact) mass is 201 g/mol. The minimum atomic E-state index is -0.0263. The largest absolute Gasteiger partial charge is 0.273 e. The Kier molecular flexibility index (Phi) is 3.78. The van der Waals surface area contributed by atoms with Crippen LogP contribution in [-0.2, 0) is 9.59 Å². The smallest absolute Gasteiger partial charge is 0.239 e. The molecule has 3 nitrogen and oxygen atoms in total. The second-order valence-corrected chi connectivity index (χ2v) is 4.64. The van der Waals surface area contributed by atoms with Crippen LogP contribution in [-0.4, -0.2) is 21.4 Å². The predicted octanol–water partition coefficient (Wildman–Crippen LogP) is 1.97. The molecule has 0 saturated carbocycles. The van der Waals surface area contributed by atoms with Gasteiger partial charge >= 0.3 is 0 Å². The van der Waals surface area contributed by atoms with Gasteiger partial charge in [-0.3, -0.25) is 9.59 Å². The first-order chi connectivity index (χ1) is 6.15. The SMILES string of the molecule is CCC(C)SN1C(=O)CCCC1=O. The summed E-state index contributed by atoms with van der Waals surface area (Å²) in [6.45, 7) is 4.08. The number of amides is 2. The van der Waals surface area contributed by atoms with E-state index in [9.17, 15) is 9.59 Å². The molecule has 0 radical (unpaired) electrons. The van der Waals surface area contributed by atoms with E-state index in [4.69, 9.17) is 0 Å². The molecule has 1 fully saturated rings. The number of carbonyl (C=O) groups excluding carboxylic acids is 2. The second kappa shape index (κ2) is 4.65. The average molecular weight is 201 g/mol. The molecule has 0 aromatic heterocycles. The first-order valence-corrected chi connectivity index (χ1v) is 5.51. The van der Waals surface area contributed by atoms with Gasteiger partial charge in [0.05, 0.1) is 0 Å². The van der Waals surface area contributed by atoms with Crippen molar-refractivity contribution in [3.05, 3.63) is 0 Å². The molecule has 0 N–H and O–H groups in total. The van der Waals surface area contributed by atoms with Gasteiger partial charge in [0, 0.05) is 18.1 Å². The van der Waals surface area contributed by atoms with Crippen molar-refractivity contribution >= 4 is 23.8 Å². The van der Waals surface area contributed by atoms with Crippen LogP contribution >= 0.6 is 11.9 Å². The third-order valence-corrected chi connectivity index (χ3v) is 3.41. The Morgan fingerprint density at radius 2 is 1.92 bits per heavy atom. The molecule has 1 aliphatic heterocycles. The summed E-state index contributed by atoms with van der Waals surface area (Å²) in [5.41, 5.74) is 0. The van der Waals surface area contributed by atoms with Crippen molar-refractivity contribution in [2.45, 2.75) is 44.8 Å². The first-order valence-electron chi connectivity index (χ1n) is 4.67. The molecule has 0 bridgehead atoms. The van der Waals surface area contributed by atoms with Gasteiger partial charge in [0.2, 0.25) is 11.8 Å². The van der Waals surface area contributed by atoms with Crippen molar-refractivity contribution in [1.82, 2.24) is 4.31 Å². The second-order valence-electron chi connectivity index (χ2n) is 3.26. The maximum atomic E-state index is 11.3. The van der Waals surface area contributed by atoms with E-state index in [1.54, 1.807) is 0 Å². The number of carbonyl (C=O) groups is 2. The molecule has 0 aliphatic carbocycles. The van der Waals surface area contributed by atoms with Crippen LogP contribution in [0.4, 0.5) is 0 Å². The lowest BCUT2D eigenvalue weighted by Crippen LogP contribution is -2.35. The molecule has 13 heavy (non-hydrogen) atoms. The van der Waals surface area contributed by atoms with E-state index in [1.807, 2.05) is 6.92 Å². The Hall–Kier alpha value is -0.510. The number of nitrogens with zero attached hydrogens (tertiary/aromatic N) is 1. The zero-order valence-corrected chi connectivity index (χ0v) is 8.89. The van der Waals surface area contributed by atoms with Crippen molar-refractivity contribution in [3.63, 3.8) is 0 Å². The van der Waals surface area contributed by atoms with Gasteiger partial charge in [-0.15, -0.1) is 0 Å². The fourth-order valence-electron chi connectivity index (χ4n) is 1.11. The standard InChI is InChI=1S/C9H15NO2S/c1-3-7(2)13-10-8(11)5-4-6-9(10)12/h7H,3-6H2,1-2H3. The summed E-state index contributed by atoms with van der Waals surface area (Å²) >= 11 is 1.37. The highest BCUT2D eigenvalue weighted by Crippen LogP contribution is 2.25. The Morgan fingerprint density at radius 3 is 2.38 bits per heavy atom. The minimum Gasteiger partial charge on any atom is -0.273 e. The average Bonchev–Trinajstić information content (AvgIpc) is 2.11. The summed E-state index contributed by atoms with van der Waals surface area (Å²) in [7, 11) is 0. The normalized spacial score (nSPS) is 20.6. The summed E-state index contributed by atoms with van der Waals surface area (Å²) in [5, 5.41) is 0.339. The molecule has 74 valence electrons. The van der Waals surface area contributed by atoms with Crippen molar-refractivity contribution < 1.29 is 9.59 Å². The molecular formula is C9H15NO2S. The number of rotatable bonds is 3. The Balaban J connectivity index is 2.54. The molecule has 0 spiro atoms. The predicted molar refractivity (Wildman–Crippen MR) is 53.0 cm³/mol. The summed E-state index contributed by atoms with van der Waals surface area (Å²) in [6.07, 6.45) is 2.74. The topological polar surface area (TPSA) is 37.4 Å². The van der Waals surface area contributed by atoms with Crippen molar-refractivity contribution in [2.24, 2.45) is 0 Å². The van der Waals surface area contributed by atoms with Gasteiger partial charge < -0.3 is 0 Å². The van der Waals surface area contributed by atoms with Crippen LogP contribution in [0.5, 0.6) is 0 Å². The summed E-state index contributed by atoms with van der Waals surface area (Å²) in [4.78, 5) is 22.7. The zero-order valence-electron chi connectivity index (χ0n) is 8.08. The van der Waals surface area contributed by atoms with Crippen LogP contribution in [0.25, 0.3) is 0 Å². The Bertz CT molecular complexity index is 202. The number of piperidine rings is 1. The van der Waals surface area contributed by atoms with E-state index in [0.717, 1.165) is 12.8 Å². The number of imide groups is 1. The molecule has 2 amide bonds. The molecule has 1 unspecified atom stereocenters. The molecule has 1 saturated heterocycles. The molecule has 4 heteroatoms. The molecule has 0 aromatic carbocycles. The summed E-state index contributed by atoms with van der Waals surface area (Å²) < 4.78 is 1.34. The molecule has 0 aromatic rings. The lowest BCUT2D eigenvalue weighted by Gasteiger charge is -2.25. The lowest BCUT2D eigenvalue weighted by atomic mass is 10.1. The van der Waals surface area contributed by atoms with Crippen molar-refractivity contribution in [3.8, 4) is 0 Å². The highest BCUT2D eigenvalue weighted by molar-refractivity contribution is 7.98. The maximum Gasteiger partial charge on any atom is 0.239 e. The fourth-order valence-corrected chi connectivity index (χ4v) is 2.03. The molecule has 1 atom stereocenters. The van der Waals surface area contributed by atoms with Crippen LogP contribution in [0, 0.1) is 0 Å². The minimum absolute atomic E-state index is 0.0263. The van der Waals surface area contributed by atoms with Gasteiger partial charge in [-0.05, 0) is 24.8 Å².